The number of rotatable bonds is 69. The molecule has 0 aromatic carbocycles. The summed E-state index contributed by atoms with van der Waals surface area (Å²) in [6.45, 7) is 4.65. The van der Waals surface area contributed by atoms with Gasteiger partial charge >= 0.3 is 39.5 Å². The molecule has 0 fully saturated rings. The SMILES string of the molecule is CC/C=C\C/C=C\C/C=C\C/C=C\C/C=C\CCCC(=O)OCC(COP(=O)(O)OCC(O)COP(=O)(O)OCC(COC(=O)CCCCCCCCCCCCC)OC(=O)CCCCCCCCCCCCC)OC(=O)CCCCCCC/C=C\C/C=C\CCCCC. The Morgan fingerprint density at radius 3 is 0.915 bits per heavy atom. The Bertz CT molecular complexity index is 2120. The summed E-state index contributed by atoms with van der Waals surface area (Å²) in [4.78, 5) is 72.6. The zero-order valence-corrected chi connectivity index (χ0v) is 60.9. The lowest BCUT2D eigenvalue weighted by Gasteiger charge is -2.21. The molecule has 0 rings (SSSR count). The number of aliphatic hydroxyl groups is 1. The van der Waals surface area contributed by atoms with Crippen molar-refractivity contribution in [1.82, 2.24) is 0 Å². The highest BCUT2D eigenvalue weighted by atomic mass is 31.2. The van der Waals surface area contributed by atoms with Crippen LogP contribution >= 0.6 is 15.6 Å². The molecule has 0 saturated carbocycles. The molecule has 0 spiro atoms. The monoisotopic (exact) mass is 1370 g/mol. The number of phosphoric ester groups is 2. The first kappa shape index (κ1) is 90.2. The molecule has 5 atom stereocenters. The topological polar surface area (TPSA) is 237 Å². The molecule has 0 radical (unpaired) electrons. The molecule has 0 aromatic rings. The van der Waals surface area contributed by atoms with Crippen LogP contribution in [-0.2, 0) is 65.4 Å². The first-order chi connectivity index (χ1) is 45.7. The van der Waals surface area contributed by atoms with Crippen molar-refractivity contribution in [1.29, 1.82) is 0 Å². The summed E-state index contributed by atoms with van der Waals surface area (Å²) in [5.41, 5.74) is 0. The summed E-state index contributed by atoms with van der Waals surface area (Å²) in [7, 11) is -9.95. The first-order valence-electron chi connectivity index (χ1n) is 36.8. The average molecular weight is 1370 g/mol. The van der Waals surface area contributed by atoms with Crippen molar-refractivity contribution in [3.05, 3.63) is 85.1 Å². The van der Waals surface area contributed by atoms with Gasteiger partial charge in [-0.1, -0.05) is 273 Å². The highest BCUT2D eigenvalue weighted by molar-refractivity contribution is 7.47. The van der Waals surface area contributed by atoms with Crippen molar-refractivity contribution < 1.29 is 80.2 Å². The van der Waals surface area contributed by atoms with Gasteiger partial charge in [0.1, 0.15) is 19.3 Å². The standard InChI is InChI=1S/C75H132O17P2/c1-5-9-13-17-21-25-29-31-33-34-36-37-41-44-48-52-56-60-73(78)86-66-71(92-75(80)62-58-54-50-46-42-38-35-32-30-26-22-18-14-10-6-2)68-90-94(83,84)88-64-69(76)63-87-93(81,82)89-67-70(91-74(79)61-57-53-49-45-40-28-24-20-16-12-8-4)65-85-72(77)59-55-51-47-43-39-27-23-19-15-11-7-3/h9,13,21-22,25-26,31-33,35-37,44,48,69-71,76H,5-8,10-12,14-20,23-24,27-30,34,38-43,45-47,49-68H2,1-4H3,(H,81,82)(H,83,84)/b13-9-,25-21-,26-22-,33-31-,35-32-,37-36-,48-44-. The summed E-state index contributed by atoms with van der Waals surface area (Å²) in [6.07, 6.45) is 67.4. The number of aliphatic hydroxyl groups excluding tert-OH is 1. The van der Waals surface area contributed by atoms with Gasteiger partial charge in [0.25, 0.3) is 0 Å². The van der Waals surface area contributed by atoms with Gasteiger partial charge in [-0.25, -0.2) is 9.13 Å². The van der Waals surface area contributed by atoms with Gasteiger partial charge in [0.2, 0.25) is 0 Å². The van der Waals surface area contributed by atoms with Gasteiger partial charge in [0.05, 0.1) is 26.4 Å². The summed E-state index contributed by atoms with van der Waals surface area (Å²) in [5, 5.41) is 10.6. The summed E-state index contributed by atoms with van der Waals surface area (Å²) in [6, 6.07) is 0. The van der Waals surface area contributed by atoms with E-state index in [1.54, 1.807) is 0 Å². The number of ether oxygens (including phenoxy) is 4. The fourth-order valence-corrected chi connectivity index (χ4v) is 11.3. The first-order valence-corrected chi connectivity index (χ1v) is 39.8. The Kier molecular flexibility index (Phi) is 65.1. The van der Waals surface area contributed by atoms with Crippen LogP contribution in [0.3, 0.4) is 0 Å². The maximum absolute atomic E-state index is 13.0. The number of esters is 4. The molecule has 17 nitrogen and oxygen atoms in total. The second kappa shape index (κ2) is 67.8. The molecule has 0 saturated heterocycles. The molecule has 5 unspecified atom stereocenters. The van der Waals surface area contributed by atoms with E-state index < -0.39 is 97.5 Å². The van der Waals surface area contributed by atoms with Crippen molar-refractivity contribution in [2.45, 2.75) is 329 Å². The zero-order chi connectivity index (χ0) is 69.0. The molecule has 0 heterocycles. The molecule has 94 heavy (non-hydrogen) atoms. The zero-order valence-electron chi connectivity index (χ0n) is 59.1. The smallest absolute Gasteiger partial charge is 0.462 e. The van der Waals surface area contributed by atoms with Crippen LogP contribution in [0.5, 0.6) is 0 Å². The van der Waals surface area contributed by atoms with Crippen LogP contribution in [0.25, 0.3) is 0 Å². The average Bonchev–Trinajstić information content (AvgIpc) is 1.29. The molecule has 0 bridgehead atoms. The second-order valence-corrected chi connectivity index (χ2v) is 27.4. The van der Waals surface area contributed by atoms with Gasteiger partial charge < -0.3 is 33.8 Å². The number of carbonyl (C=O) groups is 4. The van der Waals surface area contributed by atoms with Gasteiger partial charge in [0, 0.05) is 25.7 Å². The van der Waals surface area contributed by atoms with Crippen molar-refractivity contribution in [2.75, 3.05) is 39.6 Å². The Morgan fingerprint density at radius 1 is 0.309 bits per heavy atom. The van der Waals surface area contributed by atoms with E-state index in [2.05, 4.69) is 101 Å². The fraction of sp³-hybridized carbons (Fsp3) is 0.760. The Labute approximate surface area is 570 Å². The van der Waals surface area contributed by atoms with Crippen LogP contribution in [-0.4, -0.2) is 96.7 Å². The van der Waals surface area contributed by atoms with E-state index >= 15 is 0 Å². The van der Waals surface area contributed by atoms with Gasteiger partial charge in [-0.3, -0.25) is 37.3 Å². The minimum Gasteiger partial charge on any atom is -0.462 e. The Morgan fingerprint density at radius 2 is 0.564 bits per heavy atom. The quantitative estimate of drug-likeness (QED) is 0.0169. The Hall–Kier alpha value is -3.76. The molecule has 0 aliphatic heterocycles. The molecular weight excluding hydrogens is 1230 g/mol. The number of hydrogen-bond donors (Lipinski definition) is 3. The highest BCUT2D eigenvalue weighted by Gasteiger charge is 2.30. The van der Waals surface area contributed by atoms with Crippen molar-refractivity contribution in [2.24, 2.45) is 0 Å². The number of unbranched alkanes of at least 4 members (excludes halogenated alkanes) is 29. The fourth-order valence-electron chi connectivity index (χ4n) is 9.76. The van der Waals surface area contributed by atoms with Crippen LogP contribution in [0.1, 0.15) is 310 Å². The van der Waals surface area contributed by atoms with E-state index in [-0.39, 0.29) is 25.7 Å². The minimum atomic E-state index is -4.98. The normalized spacial score (nSPS) is 14.5. The molecule has 544 valence electrons. The number of carbonyl (C=O) groups excluding carboxylic acids is 4. The van der Waals surface area contributed by atoms with Crippen molar-refractivity contribution >= 4 is 39.5 Å². The van der Waals surface area contributed by atoms with E-state index in [0.29, 0.717) is 32.1 Å². The number of allylic oxidation sites excluding steroid dienone is 14. The largest absolute Gasteiger partial charge is 0.472 e. The van der Waals surface area contributed by atoms with Crippen LogP contribution < -0.4 is 0 Å². The molecule has 0 aromatic heterocycles. The van der Waals surface area contributed by atoms with Gasteiger partial charge in [-0.2, -0.15) is 0 Å². The minimum absolute atomic E-state index is 0.0678. The van der Waals surface area contributed by atoms with Gasteiger partial charge in [-0.15, -0.1) is 0 Å². The van der Waals surface area contributed by atoms with Crippen molar-refractivity contribution in [3.8, 4) is 0 Å². The number of phosphoric acid groups is 2. The third kappa shape index (κ3) is 66.8. The lowest BCUT2D eigenvalue weighted by molar-refractivity contribution is -0.161. The van der Waals surface area contributed by atoms with Crippen LogP contribution in [0, 0.1) is 0 Å². The predicted octanol–water partition coefficient (Wildman–Crippen LogP) is 20.7. The third-order valence-electron chi connectivity index (χ3n) is 15.4. The summed E-state index contributed by atoms with van der Waals surface area (Å²) in [5.74, 6) is -2.24. The molecule has 0 aliphatic carbocycles. The molecule has 19 heteroatoms. The number of hydrogen-bond acceptors (Lipinski definition) is 15. The molecule has 0 aliphatic rings. The molecule has 0 amide bonds. The van der Waals surface area contributed by atoms with E-state index in [1.807, 2.05) is 12.2 Å². The van der Waals surface area contributed by atoms with E-state index in [9.17, 15) is 43.2 Å². The Balaban J connectivity index is 5.37. The van der Waals surface area contributed by atoms with Crippen molar-refractivity contribution in [3.63, 3.8) is 0 Å². The summed E-state index contributed by atoms with van der Waals surface area (Å²) >= 11 is 0. The molecular formula is C75H132O17P2. The van der Waals surface area contributed by atoms with Crippen LogP contribution in [0.2, 0.25) is 0 Å². The second-order valence-electron chi connectivity index (χ2n) is 24.5. The maximum atomic E-state index is 13.0. The van der Waals surface area contributed by atoms with E-state index in [4.69, 9.17) is 37.0 Å². The molecule has 3 N–H and O–H groups in total. The van der Waals surface area contributed by atoms with E-state index in [0.717, 1.165) is 122 Å². The summed E-state index contributed by atoms with van der Waals surface area (Å²) < 4.78 is 68.2. The van der Waals surface area contributed by atoms with Gasteiger partial charge in [-0.05, 0) is 96.3 Å². The maximum Gasteiger partial charge on any atom is 0.472 e. The highest BCUT2D eigenvalue weighted by Crippen LogP contribution is 2.45. The van der Waals surface area contributed by atoms with Crippen LogP contribution in [0.4, 0.5) is 0 Å². The predicted molar refractivity (Wildman–Crippen MR) is 381 cm³/mol. The lowest BCUT2D eigenvalue weighted by atomic mass is 10.1. The van der Waals surface area contributed by atoms with Crippen LogP contribution in [0.15, 0.2) is 85.1 Å². The third-order valence-corrected chi connectivity index (χ3v) is 17.3. The van der Waals surface area contributed by atoms with E-state index in [1.165, 1.54) is 103 Å². The lowest BCUT2D eigenvalue weighted by Crippen LogP contribution is -2.30. The van der Waals surface area contributed by atoms with Gasteiger partial charge in [0.15, 0.2) is 12.2 Å².